The second-order valence-corrected chi connectivity index (χ2v) is 5.16. The van der Waals surface area contributed by atoms with Crippen LogP contribution in [0.4, 0.5) is 13.6 Å². The van der Waals surface area contributed by atoms with Gasteiger partial charge in [0, 0.05) is 29.8 Å². The van der Waals surface area contributed by atoms with E-state index in [1.54, 1.807) is 6.92 Å². The fourth-order valence-electron chi connectivity index (χ4n) is 1.82. The zero-order valence-electron chi connectivity index (χ0n) is 12.1. The molecule has 1 unspecified atom stereocenters. The summed E-state index contributed by atoms with van der Waals surface area (Å²) in [4.78, 5) is 11.7. The van der Waals surface area contributed by atoms with Crippen molar-refractivity contribution in [2.45, 2.75) is 39.0 Å². The zero-order chi connectivity index (χ0) is 16.5. The monoisotopic (exact) mass is 336 g/mol. The molecule has 5 nitrogen and oxygen atoms in total. The Morgan fingerprint density at radius 1 is 1.45 bits per heavy atom. The lowest BCUT2D eigenvalue weighted by Crippen LogP contribution is -2.40. The minimum absolute atomic E-state index is 0.00116. The summed E-state index contributed by atoms with van der Waals surface area (Å²) in [7, 11) is 0. The smallest absolute Gasteiger partial charge is 0.387 e. The minimum atomic E-state index is -2.95. The number of ether oxygens (including phenoxy) is 1. The van der Waals surface area contributed by atoms with Gasteiger partial charge in [0.2, 0.25) is 0 Å². The first kappa shape index (κ1) is 18.4. The van der Waals surface area contributed by atoms with Gasteiger partial charge in [-0.2, -0.15) is 8.78 Å². The Bertz CT molecular complexity index is 489. The average molecular weight is 337 g/mol. The predicted molar refractivity (Wildman–Crippen MR) is 79.2 cm³/mol. The van der Waals surface area contributed by atoms with Gasteiger partial charge in [-0.15, -0.1) is 0 Å². The van der Waals surface area contributed by atoms with Gasteiger partial charge >= 0.3 is 12.6 Å². The number of nitrogens with one attached hydrogen (secondary N) is 2. The van der Waals surface area contributed by atoms with Crippen LogP contribution in [0.25, 0.3) is 0 Å². The Morgan fingerprint density at radius 2 is 2.18 bits per heavy atom. The van der Waals surface area contributed by atoms with E-state index in [0.29, 0.717) is 23.4 Å². The largest absolute Gasteiger partial charge is 0.434 e. The molecule has 0 aliphatic carbocycles. The van der Waals surface area contributed by atoms with E-state index in [4.69, 9.17) is 16.7 Å². The van der Waals surface area contributed by atoms with Crippen LogP contribution in [-0.2, 0) is 6.54 Å². The molecule has 0 fully saturated rings. The van der Waals surface area contributed by atoms with Gasteiger partial charge in [0.05, 0.1) is 0 Å². The molecule has 22 heavy (non-hydrogen) atoms. The van der Waals surface area contributed by atoms with Gasteiger partial charge < -0.3 is 20.5 Å². The number of aliphatic hydroxyl groups excluding tert-OH is 1. The van der Waals surface area contributed by atoms with Crippen LogP contribution in [0.1, 0.15) is 25.3 Å². The lowest BCUT2D eigenvalue weighted by Gasteiger charge is -2.15. The van der Waals surface area contributed by atoms with Gasteiger partial charge in [0.1, 0.15) is 5.75 Å². The Morgan fingerprint density at radius 3 is 2.82 bits per heavy atom. The molecule has 1 atom stereocenters. The molecule has 3 N–H and O–H groups in total. The third kappa shape index (κ3) is 6.91. The van der Waals surface area contributed by atoms with Gasteiger partial charge in [-0.1, -0.05) is 11.6 Å². The van der Waals surface area contributed by atoms with Crippen molar-refractivity contribution in [2.24, 2.45) is 0 Å². The van der Waals surface area contributed by atoms with E-state index in [1.165, 1.54) is 18.2 Å². The molecule has 0 aliphatic rings. The Kier molecular flexibility index (Phi) is 7.90. The molecule has 2 amide bonds. The van der Waals surface area contributed by atoms with Crippen LogP contribution in [-0.4, -0.2) is 30.4 Å². The van der Waals surface area contributed by atoms with E-state index in [1.807, 2.05) is 0 Å². The summed E-state index contributed by atoms with van der Waals surface area (Å²) < 4.78 is 29.0. The number of halogens is 3. The van der Waals surface area contributed by atoms with E-state index in [2.05, 4.69) is 15.4 Å². The van der Waals surface area contributed by atoms with Gasteiger partial charge in [-0.3, -0.25) is 0 Å². The van der Waals surface area contributed by atoms with E-state index in [-0.39, 0.29) is 24.9 Å². The highest BCUT2D eigenvalue weighted by molar-refractivity contribution is 6.30. The van der Waals surface area contributed by atoms with Crippen LogP contribution in [0, 0.1) is 0 Å². The van der Waals surface area contributed by atoms with E-state index in [0.717, 1.165) is 0 Å². The first-order chi connectivity index (χ1) is 10.4. The number of rotatable bonds is 8. The van der Waals surface area contributed by atoms with Crippen molar-refractivity contribution in [1.29, 1.82) is 0 Å². The molecule has 1 rings (SSSR count). The fourth-order valence-corrected chi connectivity index (χ4v) is 2.01. The third-order valence-corrected chi connectivity index (χ3v) is 3.09. The number of benzene rings is 1. The van der Waals surface area contributed by atoms with Crippen LogP contribution in [0.15, 0.2) is 18.2 Å². The van der Waals surface area contributed by atoms with Crippen LogP contribution in [0.5, 0.6) is 5.75 Å². The summed E-state index contributed by atoms with van der Waals surface area (Å²) >= 11 is 5.82. The summed E-state index contributed by atoms with van der Waals surface area (Å²) in [5, 5.41) is 14.3. The zero-order valence-corrected chi connectivity index (χ0v) is 12.9. The van der Waals surface area contributed by atoms with Crippen molar-refractivity contribution in [3.8, 4) is 5.75 Å². The Labute approximate surface area is 132 Å². The quantitative estimate of drug-likeness (QED) is 0.683. The van der Waals surface area contributed by atoms with Crippen LogP contribution in [0.2, 0.25) is 5.02 Å². The van der Waals surface area contributed by atoms with Crippen molar-refractivity contribution in [3.05, 3.63) is 28.8 Å². The van der Waals surface area contributed by atoms with Crippen molar-refractivity contribution in [2.75, 3.05) is 6.61 Å². The number of hydrogen-bond acceptors (Lipinski definition) is 3. The molecular formula is C14H19ClF2N2O3. The normalized spacial score (nSPS) is 12.1. The van der Waals surface area contributed by atoms with Crippen molar-refractivity contribution in [1.82, 2.24) is 10.6 Å². The number of amides is 2. The first-order valence-electron chi connectivity index (χ1n) is 6.81. The molecule has 1 aromatic carbocycles. The molecule has 124 valence electrons. The second kappa shape index (κ2) is 9.42. The summed E-state index contributed by atoms with van der Waals surface area (Å²) in [6, 6.07) is 3.67. The topological polar surface area (TPSA) is 70.6 Å². The van der Waals surface area contributed by atoms with Gasteiger partial charge in [-0.05, 0) is 38.0 Å². The molecular weight excluding hydrogens is 318 g/mol. The number of aliphatic hydroxyl groups is 1. The molecule has 0 heterocycles. The maximum atomic E-state index is 12.3. The van der Waals surface area contributed by atoms with Gasteiger partial charge in [0.15, 0.2) is 0 Å². The highest BCUT2D eigenvalue weighted by Crippen LogP contribution is 2.24. The summed E-state index contributed by atoms with van der Waals surface area (Å²) in [5.74, 6) is -0.0342. The molecule has 0 aliphatic heterocycles. The predicted octanol–water partition coefficient (Wildman–Crippen LogP) is 2.90. The third-order valence-electron chi connectivity index (χ3n) is 2.85. The number of alkyl halides is 2. The summed E-state index contributed by atoms with van der Waals surface area (Å²) in [6.45, 7) is -1.08. The molecule has 0 spiro atoms. The second-order valence-electron chi connectivity index (χ2n) is 4.72. The molecule has 8 heteroatoms. The molecule has 0 aromatic heterocycles. The van der Waals surface area contributed by atoms with Crippen molar-refractivity contribution in [3.63, 3.8) is 0 Å². The lowest BCUT2D eigenvalue weighted by atomic mass is 10.2. The van der Waals surface area contributed by atoms with E-state index in [9.17, 15) is 13.6 Å². The van der Waals surface area contributed by atoms with Crippen LogP contribution < -0.4 is 15.4 Å². The Balaban J connectivity index is 2.55. The minimum Gasteiger partial charge on any atom is -0.434 e. The number of carbonyl (C=O) groups excluding carboxylic acids is 1. The van der Waals surface area contributed by atoms with Crippen LogP contribution >= 0.6 is 11.6 Å². The number of urea groups is 1. The van der Waals surface area contributed by atoms with E-state index < -0.39 is 12.6 Å². The van der Waals surface area contributed by atoms with Crippen molar-refractivity contribution < 1.29 is 23.4 Å². The number of carbonyl (C=O) groups is 1. The SMILES string of the molecule is CC(CCCO)NC(=O)NCc1cc(Cl)ccc1OC(F)F. The standard InChI is InChI=1S/C14H19ClF2N2O3/c1-9(3-2-6-20)19-14(21)18-8-10-7-11(15)4-5-12(10)22-13(16)17/h4-5,7,9,13,20H,2-3,6,8H2,1H3,(H2,18,19,21). The van der Waals surface area contributed by atoms with Crippen LogP contribution in [0.3, 0.4) is 0 Å². The average Bonchev–Trinajstić information content (AvgIpc) is 2.45. The highest BCUT2D eigenvalue weighted by Gasteiger charge is 2.12. The maximum Gasteiger partial charge on any atom is 0.387 e. The summed E-state index contributed by atoms with van der Waals surface area (Å²) in [5.41, 5.74) is 0.353. The van der Waals surface area contributed by atoms with Crippen molar-refractivity contribution >= 4 is 17.6 Å². The number of hydrogen-bond donors (Lipinski definition) is 3. The molecule has 0 saturated carbocycles. The van der Waals surface area contributed by atoms with Gasteiger partial charge in [-0.25, -0.2) is 4.79 Å². The fraction of sp³-hybridized carbons (Fsp3) is 0.500. The molecule has 0 saturated heterocycles. The summed E-state index contributed by atoms with van der Waals surface area (Å²) in [6.07, 6.45) is 1.23. The first-order valence-corrected chi connectivity index (χ1v) is 7.18. The molecule has 0 radical (unpaired) electrons. The highest BCUT2D eigenvalue weighted by atomic mass is 35.5. The maximum absolute atomic E-state index is 12.3. The van der Waals surface area contributed by atoms with Gasteiger partial charge in [0.25, 0.3) is 0 Å². The lowest BCUT2D eigenvalue weighted by molar-refractivity contribution is -0.0504. The Hall–Kier alpha value is -1.60. The van der Waals surface area contributed by atoms with E-state index >= 15 is 0 Å². The molecule has 1 aromatic rings. The molecule has 0 bridgehead atoms.